The molecule has 6 heteroatoms. The van der Waals surface area contributed by atoms with Crippen molar-refractivity contribution in [2.75, 3.05) is 20.6 Å². The van der Waals surface area contributed by atoms with Gasteiger partial charge in [-0.05, 0) is 37.9 Å². The van der Waals surface area contributed by atoms with Gasteiger partial charge in [-0.2, -0.15) is 0 Å². The summed E-state index contributed by atoms with van der Waals surface area (Å²) in [5.41, 5.74) is 1.11. The van der Waals surface area contributed by atoms with Crippen LogP contribution in [0.1, 0.15) is 22.0 Å². The van der Waals surface area contributed by atoms with Gasteiger partial charge in [0, 0.05) is 23.2 Å². The van der Waals surface area contributed by atoms with E-state index in [0.29, 0.717) is 11.6 Å². The maximum Gasteiger partial charge on any atom is 0.251 e. The molecule has 0 unspecified atom stereocenters. The minimum absolute atomic E-state index is 0.0986. The van der Waals surface area contributed by atoms with Crippen LogP contribution >= 0.6 is 11.6 Å². The maximum absolute atomic E-state index is 12.2. The predicted molar refractivity (Wildman–Crippen MR) is 90.0 cm³/mol. The molecule has 2 aromatic rings. The number of hydrogen-bond donors (Lipinski definition) is 3. The Labute approximate surface area is 140 Å². The number of hydrogen-bond acceptors (Lipinski definition) is 4. The van der Waals surface area contributed by atoms with Crippen LogP contribution in [-0.2, 0) is 0 Å². The van der Waals surface area contributed by atoms with Crippen LogP contribution < -0.4 is 5.32 Å². The number of benzene rings is 2. The first-order valence-electron chi connectivity index (χ1n) is 7.10. The third-order valence-electron chi connectivity index (χ3n) is 3.51. The number of nitrogens with zero attached hydrogens (tertiary/aromatic N) is 1. The molecule has 0 saturated carbocycles. The Bertz CT molecular complexity index is 684. The highest BCUT2D eigenvalue weighted by atomic mass is 35.5. The first-order valence-corrected chi connectivity index (χ1v) is 7.48. The summed E-state index contributed by atoms with van der Waals surface area (Å²) in [5.74, 6) is -0.703. The highest BCUT2D eigenvalue weighted by Gasteiger charge is 2.18. The van der Waals surface area contributed by atoms with Crippen molar-refractivity contribution in [3.8, 4) is 11.5 Å². The van der Waals surface area contributed by atoms with E-state index < -0.39 is 0 Å². The number of amides is 1. The highest BCUT2D eigenvalue weighted by molar-refractivity contribution is 6.31. The van der Waals surface area contributed by atoms with Gasteiger partial charge >= 0.3 is 0 Å². The van der Waals surface area contributed by atoms with E-state index >= 15 is 0 Å². The molecule has 1 atom stereocenters. The minimum atomic E-state index is -0.380. The van der Waals surface area contributed by atoms with E-state index in [9.17, 15) is 15.0 Å². The lowest BCUT2D eigenvalue weighted by Gasteiger charge is -2.26. The number of phenols is 2. The smallest absolute Gasteiger partial charge is 0.251 e. The van der Waals surface area contributed by atoms with Crippen molar-refractivity contribution >= 4 is 17.5 Å². The van der Waals surface area contributed by atoms with Crippen LogP contribution in [0.4, 0.5) is 0 Å². The van der Waals surface area contributed by atoms with E-state index in [2.05, 4.69) is 5.32 Å². The molecule has 1 amide bonds. The average molecular weight is 335 g/mol. The molecule has 0 aromatic heterocycles. The number of carbonyl (C=O) groups is 1. The molecular formula is C17H19ClN2O3. The number of nitrogens with one attached hydrogen (secondary N) is 1. The topological polar surface area (TPSA) is 72.8 Å². The lowest BCUT2D eigenvalue weighted by Crippen LogP contribution is -2.34. The third-order valence-corrected chi connectivity index (χ3v) is 3.85. The lowest BCUT2D eigenvalue weighted by molar-refractivity contribution is 0.0941. The molecule has 23 heavy (non-hydrogen) atoms. The molecule has 0 fully saturated rings. The van der Waals surface area contributed by atoms with Crippen molar-refractivity contribution < 1.29 is 15.0 Å². The zero-order valence-corrected chi connectivity index (χ0v) is 13.7. The quantitative estimate of drug-likeness (QED) is 0.786. The summed E-state index contributed by atoms with van der Waals surface area (Å²) in [6.45, 7) is 0.339. The summed E-state index contributed by atoms with van der Waals surface area (Å²) in [5, 5.41) is 22.3. The van der Waals surface area contributed by atoms with Gasteiger partial charge in [0.25, 0.3) is 5.91 Å². The second-order valence-corrected chi connectivity index (χ2v) is 5.86. The van der Waals surface area contributed by atoms with Crippen molar-refractivity contribution in [1.82, 2.24) is 10.2 Å². The second kappa shape index (κ2) is 7.35. The fraction of sp³-hybridized carbons (Fsp3) is 0.235. The van der Waals surface area contributed by atoms with Crippen molar-refractivity contribution in [2.45, 2.75) is 6.04 Å². The monoisotopic (exact) mass is 334 g/mol. The van der Waals surface area contributed by atoms with E-state index in [1.54, 1.807) is 0 Å². The molecule has 5 nitrogen and oxygen atoms in total. The summed E-state index contributed by atoms with van der Waals surface area (Å²) in [6, 6.07) is 11.1. The number of halogens is 1. The fourth-order valence-corrected chi connectivity index (χ4v) is 2.60. The molecule has 0 bridgehead atoms. The zero-order valence-electron chi connectivity index (χ0n) is 13.0. The lowest BCUT2D eigenvalue weighted by atomic mass is 10.1. The van der Waals surface area contributed by atoms with Crippen LogP contribution in [0, 0.1) is 0 Å². The van der Waals surface area contributed by atoms with Crippen LogP contribution in [0.2, 0.25) is 5.02 Å². The van der Waals surface area contributed by atoms with E-state index in [4.69, 9.17) is 11.6 Å². The van der Waals surface area contributed by atoms with Gasteiger partial charge in [-0.3, -0.25) is 4.79 Å². The summed E-state index contributed by atoms with van der Waals surface area (Å²) in [6.07, 6.45) is 0. The van der Waals surface area contributed by atoms with Gasteiger partial charge in [-0.15, -0.1) is 0 Å². The molecule has 2 aromatic carbocycles. The van der Waals surface area contributed by atoms with E-state index in [0.717, 1.165) is 5.56 Å². The van der Waals surface area contributed by atoms with Gasteiger partial charge in [0.15, 0.2) is 0 Å². The minimum Gasteiger partial charge on any atom is -0.508 e. The molecule has 0 radical (unpaired) electrons. The predicted octanol–water partition coefficient (Wildman–Crippen LogP) is 2.78. The van der Waals surface area contributed by atoms with Crippen LogP contribution in [-0.4, -0.2) is 41.7 Å². The first kappa shape index (κ1) is 17.1. The highest BCUT2D eigenvalue weighted by Crippen LogP contribution is 2.26. The summed E-state index contributed by atoms with van der Waals surface area (Å²) < 4.78 is 0. The van der Waals surface area contributed by atoms with Crippen molar-refractivity contribution in [3.05, 3.63) is 58.6 Å². The second-order valence-electron chi connectivity index (χ2n) is 5.45. The summed E-state index contributed by atoms with van der Waals surface area (Å²) in [4.78, 5) is 14.2. The molecule has 0 aliphatic carbocycles. The van der Waals surface area contributed by atoms with E-state index in [-0.39, 0.29) is 29.0 Å². The van der Waals surface area contributed by atoms with Crippen LogP contribution in [0.3, 0.4) is 0 Å². The maximum atomic E-state index is 12.2. The molecule has 0 heterocycles. The van der Waals surface area contributed by atoms with Gasteiger partial charge in [0.05, 0.1) is 6.04 Å². The Morgan fingerprint density at radius 3 is 2.35 bits per heavy atom. The Kier molecular flexibility index (Phi) is 5.47. The average Bonchev–Trinajstić information content (AvgIpc) is 2.47. The number of phenolic OH excluding ortho intramolecular Hbond substituents is 2. The molecule has 0 aliphatic rings. The molecule has 3 N–H and O–H groups in total. The van der Waals surface area contributed by atoms with Crippen molar-refractivity contribution in [1.29, 1.82) is 0 Å². The van der Waals surface area contributed by atoms with Crippen molar-refractivity contribution in [2.24, 2.45) is 0 Å². The largest absolute Gasteiger partial charge is 0.508 e. The standard InChI is InChI=1S/C17H19ClN2O3/c1-20(2)16(14-5-3-4-6-15(14)18)10-19-17(23)11-7-12(21)9-13(22)8-11/h3-9,16,21-22H,10H2,1-2H3,(H,19,23)/t16-/m0/s1. The Morgan fingerprint density at radius 1 is 1.17 bits per heavy atom. The van der Waals surface area contributed by atoms with Gasteiger partial charge in [-0.1, -0.05) is 29.8 Å². The molecule has 0 spiro atoms. The normalized spacial score (nSPS) is 12.2. The number of likely N-dealkylation sites (N-methyl/N-ethyl adjacent to an activating group) is 1. The Morgan fingerprint density at radius 2 is 1.78 bits per heavy atom. The van der Waals surface area contributed by atoms with Crippen LogP contribution in [0.15, 0.2) is 42.5 Å². The Balaban J connectivity index is 2.13. The van der Waals surface area contributed by atoms with E-state index in [1.165, 1.54) is 18.2 Å². The summed E-state index contributed by atoms with van der Waals surface area (Å²) >= 11 is 6.23. The number of carbonyl (C=O) groups excluding carboxylic acids is 1. The van der Waals surface area contributed by atoms with Crippen LogP contribution in [0.5, 0.6) is 11.5 Å². The first-order chi connectivity index (χ1) is 10.9. The summed E-state index contributed by atoms with van der Waals surface area (Å²) in [7, 11) is 3.81. The van der Waals surface area contributed by atoms with Gasteiger partial charge in [0.2, 0.25) is 0 Å². The molecule has 2 rings (SSSR count). The molecule has 0 aliphatic heterocycles. The fourth-order valence-electron chi connectivity index (χ4n) is 2.33. The SMILES string of the molecule is CN(C)[C@@H](CNC(=O)c1cc(O)cc(O)c1)c1ccccc1Cl. The third kappa shape index (κ3) is 4.37. The van der Waals surface area contributed by atoms with E-state index in [1.807, 2.05) is 43.3 Å². The van der Waals surface area contributed by atoms with Gasteiger partial charge < -0.3 is 20.4 Å². The van der Waals surface area contributed by atoms with Gasteiger partial charge in [-0.25, -0.2) is 0 Å². The molecular weight excluding hydrogens is 316 g/mol. The number of aromatic hydroxyl groups is 2. The van der Waals surface area contributed by atoms with Gasteiger partial charge in [0.1, 0.15) is 11.5 Å². The number of rotatable bonds is 5. The molecule has 0 saturated heterocycles. The van der Waals surface area contributed by atoms with Crippen molar-refractivity contribution in [3.63, 3.8) is 0 Å². The zero-order chi connectivity index (χ0) is 17.0. The molecule has 122 valence electrons. The van der Waals surface area contributed by atoms with Crippen LogP contribution in [0.25, 0.3) is 0 Å². The Hall–Kier alpha value is -2.24.